The summed E-state index contributed by atoms with van der Waals surface area (Å²) in [6.45, 7) is 0. The molecule has 25 heavy (non-hydrogen) atoms. The number of amides is 2. The van der Waals surface area contributed by atoms with Crippen molar-refractivity contribution in [1.29, 1.82) is 0 Å². The molecule has 0 bridgehead atoms. The van der Waals surface area contributed by atoms with Gasteiger partial charge in [-0.1, -0.05) is 24.3 Å². The molecule has 0 aliphatic heterocycles. The van der Waals surface area contributed by atoms with Crippen molar-refractivity contribution in [2.75, 3.05) is 19.5 Å². The fraction of sp³-hybridized carbons (Fsp3) is 0.333. The summed E-state index contributed by atoms with van der Waals surface area (Å²) in [5.41, 5.74) is 2.40. The SMILES string of the molecule is COc1ccnc(OC)c1NC(=O)N[C@H]1c2ccccc2CC[C@H]1O. The van der Waals surface area contributed by atoms with E-state index in [4.69, 9.17) is 9.47 Å². The Morgan fingerprint density at radius 2 is 2.04 bits per heavy atom. The van der Waals surface area contributed by atoms with Gasteiger partial charge in [0.15, 0.2) is 0 Å². The number of rotatable bonds is 4. The van der Waals surface area contributed by atoms with Crippen LogP contribution in [0.3, 0.4) is 0 Å². The maximum atomic E-state index is 12.5. The van der Waals surface area contributed by atoms with Gasteiger partial charge in [0.05, 0.1) is 26.4 Å². The summed E-state index contributed by atoms with van der Waals surface area (Å²) in [5.74, 6) is 0.686. The van der Waals surface area contributed by atoms with Crippen molar-refractivity contribution >= 4 is 11.7 Å². The molecule has 0 unspecified atom stereocenters. The minimum absolute atomic E-state index is 0.249. The molecule has 0 saturated carbocycles. The Hall–Kier alpha value is -2.80. The summed E-state index contributed by atoms with van der Waals surface area (Å²) in [7, 11) is 2.96. The zero-order valence-electron chi connectivity index (χ0n) is 14.2. The smallest absolute Gasteiger partial charge is 0.320 e. The van der Waals surface area contributed by atoms with Crippen LogP contribution in [-0.4, -0.2) is 36.4 Å². The van der Waals surface area contributed by atoms with Gasteiger partial charge in [0, 0.05) is 12.3 Å². The van der Waals surface area contributed by atoms with Crippen molar-refractivity contribution in [1.82, 2.24) is 10.3 Å². The normalized spacial score (nSPS) is 18.8. The van der Waals surface area contributed by atoms with Gasteiger partial charge >= 0.3 is 6.03 Å². The van der Waals surface area contributed by atoms with Crippen molar-refractivity contribution in [2.45, 2.75) is 25.0 Å². The fourth-order valence-corrected chi connectivity index (χ4v) is 3.07. The molecular formula is C18H21N3O4. The maximum absolute atomic E-state index is 12.5. The van der Waals surface area contributed by atoms with Crippen LogP contribution in [0.5, 0.6) is 11.6 Å². The van der Waals surface area contributed by atoms with E-state index in [1.807, 2.05) is 24.3 Å². The van der Waals surface area contributed by atoms with Gasteiger partial charge in [0.1, 0.15) is 11.4 Å². The number of urea groups is 1. The summed E-state index contributed by atoms with van der Waals surface area (Å²) in [4.78, 5) is 16.6. The average Bonchev–Trinajstić information content (AvgIpc) is 2.64. The molecule has 0 spiro atoms. The van der Waals surface area contributed by atoms with Gasteiger partial charge in [-0.25, -0.2) is 9.78 Å². The Morgan fingerprint density at radius 1 is 1.24 bits per heavy atom. The molecule has 0 radical (unpaired) electrons. The van der Waals surface area contributed by atoms with Crippen LogP contribution in [0.15, 0.2) is 36.5 Å². The van der Waals surface area contributed by atoms with Crippen molar-refractivity contribution < 1.29 is 19.4 Å². The van der Waals surface area contributed by atoms with Crippen LogP contribution in [0.2, 0.25) is 0 Å². The molecule has 2 amide bonds. The van der Waals surface area contributed by atoms with Gasteiger partial charge in [-0.2, -0.15) is 0 Å². The van der Waals surface area contributed by atoms with Crippen molar-refractivity contribution in [3.05, 3.63) is 47.7 Å². The molecule has 2 aromatic rings. The first-order valence-corrected chi connectivity index (χ1v) is 8.04. The molecule has 1 heterocycles. The number of aromatic nitrogens is 1. The second-order valence-electron chi connectivity index (χ2n) is 5.78. The number of carbonyl (C=O) groups excluding carboxylic acids is 1. The number of hydrogen-bond acceptors (Lipinski definition) is 5. The van der Waals surface area contributed by atoms with Crippen LogP contribution in [0.4, 0.5) is 10.5 Å². The molecule has 0 fully saturated rings. The number of nitrogens with one attached hydrogen (secondary N) is 2. The lowest BCUT2D eigenvalue weighted by atomic mass is 9.86. The molecule has 1 aliphatic rings. The number of aryl methyl sites for hydroxylation is 1. The molecule has 132 valence electrons. The number of pyridine rings is 1. The van der Waals surface area contributed by atoms with E-state index in [0.717, 1.165) is 17.5 Å². The standard InChI is InChI=1S/C18H21N3O4/c1-24-14-9-10-19-17(25-2)16(14)21-18(23)20-15-12-6-4-3-5-11(12)7-8-13(15)22/h3-6,9-10,13,15,22H,7-8H2,1-2H3,(H2,20,21,23)/t13-,15+/m1/s1. The highest BCUT2D eigenvalue weighted by atomic mass is 16.5. The molecular weight excluding hydrogens is 322 g/mol. The lowest BCUT2D eigenvalue weighted by molar-refractivity contribution is 0.114. The first-order valence-electron chi connectivity index (χ1n) is 8.04. The predicted octanol–water partition coefficient (Wildman–Crippen LogP) is 2.27. The quantitative estimate of drug-likeness (QED) is 0.792. The average molecular weight is 343 g/mol. The Bertz CT molecular complexity index is 743. The minimum atomic E-state index is -0.640. The predicted molar refractivity (Wildman–Crippen MR) is 93.0 cm³/mol. The van der Waals surface area contributed by atoms with Crippen molar-refractivity contribution in [2.24, 2.45) is 0 Å². The minimum Gasteiger partial charge on any atom is -0.494 e. The van der Waals surface area contributed by atoms with Crippen LogP contribution in [0.25, 0.3) is 0 Å². The number of anilines is 1. The van der Waals surface area contributed by atoms with E-state index < -0.39 is 18.2 Å². The summed E-state index contributed by atoms with van der Waals surface area (Å²) < 4.78 is 10.4. The lowest BCUT2D eigenvalue weighted by Gasteiger charge is -2.31. The molecule has 7 heteroatoms. The van der Waals surface area contributed by atoms with Crippen LogP contribution in [0, 0.1) is 0 Å². The van der Waals surface area contributed by atoms with Gasteiger partial charge in [-0.15, -0.1) is 0 Å². The van der Waals surface area contributed by atoms with Crippen molar-refractivity contribution in [3.8, 4) is 11.6 Å². The maximum Gasteiger partial charge on any atom is 0.320 e. The van der Waals surface area contributed by atoms with Gasteiger partial charge in [-0.3, -0.25) is 0 Å². The number of aliphatic hydroxyl groups is 1. The molecule has 3 N–H and O–H groups in total. The molecule has 2 atom stereocenters. The summed E-state index contributed by atoms with van der Waals surface area (Å²) >= 11 is 0. The van der Waals surface area contributed by atoms with E-state index in [-0.39, 0.29) is 5.88 Å². The highest BCUT2D eigenvalue weighted by Crippen LogP contribution is 2.33. The molecule has 1 aliphatic carbocycles. The Labute approximate surface area is 146 Å². The van der Waals surface area contributed by atoms with Gasteiger partial charge in [0.25, 0.3) is 0 Å². The number of carbonyl (C=O) groups is 1. The number of aliphatic hydroxyl groups excluding tert-OH is 1. The fourth-order valence-electron chi connectivity index (χ4n) is 3.07. The first kappa shape index (κ1) is 17.0. The highest BCUT2D eigenvalue weighted by Gasteiger charge is 2.29. The highest BCUT2D eigenvalue weighted by molar-refractivity contribution is 5.92. The van der Waals surface area contributed by atoms with Crippen molar-refractivity contribution in [3.63, 3.8) is 0 Å². The van der Waals surface area contributed by atoms with Gasteiger partial charge in [-0.05, 0) is 24.0 Å². The summed E-state index contributed by atoms with van der Waals surface area (Å²) in [6.07, 6.45) is 2.28. The van der Waals surface area contributed by atoms with Crippen LogP contribution in [0.1, 0.15) is 23.6 Å². The summed E-state index contributed by atoms with van der Waals surface area (Å²) in [6, 6.07) is 8.48. The van der Waals surface area contributed by atoms with Gasteiger partial charge < -0.3 is 25.2 Å². The molecule has 1 aromatic carbocycles. The third-order valence-electron chi connectivity index (χ3n) is 4.30. The van der Waals surface area contributed by atoms with E-state index in [0.29, 0.717) is 17.9 Å². The lowest BCUT2D eigenvalue weighted by Crippen LogP contribution is -2.41. The second kappa shape index (κ2) is 7.40. The van der Waals surface area contributed by atoms with E-state index >= 15 is 0 Å². The molecule has 0 saturated heterocycles. The first-order chi connectivity index (χ1) is 12.1. The zero-order chi connectivity index (χ0) is 17.8. The van der Waals surface area contributed by atoms with E-state index in [1.165, 1.54) is 20.4 Å². The largest absolute Gasteiger partial charge is 0.494 e. The third kappa shape index (κ3) is 3.51. The van der Waals surface area contributed by atoms with E-state index in [9.17, 15) is 9.90 Å². The van der Waals surface area contributed by atoms with E-state index in [2.05, 4.69) is 15.6 Å². The van der Waals surface area contributed by atoms with E-state index in [1.54, 1.807) is 6.07 Å². The Kier molecular flexibility index (Phi) is 5.04. The van der Waals surface area contributed by atoms with Gasteiger partial charge in [0.2, 0.25) is 5.88 Å². The monoisotopic (exact) mass is 343 g/mol. The number of ether oxygens (including phenoxy) is 2. The number of hydrogen-bond donors (Lipinski definition) is 3. The topological polar surface area (TPSA) is 92.7 Å². The number of fused-ring (bicyclic) bond motifs is 1. The Morgan fingerprint density at radius 3 is 2.80 bits per heavy atom. The van der Waals surface area contributed by atoms with Crippen LogP contribution in [-0.2, 0) is 6.42 Å². The second-order valence-corrected chi connectivity index (χ2v) is 5.78. The number of nitrogens with zero attached hydrogens (tertiary/aromatic N) is 1. The Balaban J connectivity index is 1.80. The van der Waals surface area contributed by atoms with Crippen LogP contribution < -0.4 is 20.1 Å². The molecule has 1 aromatic heterocycles. The number of methoxy groups -OCH3 is 2. The number of benzene rings is 1. The summed E-state index contributed by atoms with van der Waals surface area (Å²) in [5, 5.41) is 15.9. The molecule has 3 rings (SSSR count). The zero-order valence-corrected chi connectivity index (χ0v) is 14.2. The molecule has 7 nitrogen and oxygen atoms in total. The van der Waals surface area contributed by atoms with Crippen LogP contribution >= 0.6 is 0 Å². The third-order valence-corrected chi connectivity index (χ3v) is 4.30.